The Morgan fingerprint density at radius 3 is 2.61 bits per heavy atom. The molecule has 0 bridgehead atoms. The number of rotatable bonds is 6. The lowest BCUT2D eigenvalue weighted by Gasteiger charge is -2.22. The lowest BCUT2D eigenvalue weighted by Crippen LogP contribution is -2.34. The number of hydrogen-bond donors (Lipinski definition) is 3. The summed E-state index contributed by atoms with van der Waals surface area (Å²) in [5, 5.41) is 9.00. The molecule has 0 aliphatic rings. The number of hydrogen-bond acceptors (Lipinski definition) is 4. The molecule has 0 spiro atoms. The lowest BCUT2D eigenvalue weighted by atomic mass is 10.1. The highest BCUT2D eigenvalue weighted by molar-refractivity contribution is 5.99. The Morgan fingerprint density at radius 1 is 1.33 bits per heavy atom. The van der Waals surface area contributed by atoms with Gasteiger partial charge in [-0.25, -0.2) is 0 Å². The second-order valence-electron chi connectivity index (χ2n) is 4.22. The minimum atomic E-state index is -0.157. The quantitative estimate of drug-likeness (QED) is 0.660. The molecule has 0 aliphatic heterocycles. The van der Waals surface area contributed by atoms with Crippen molar-refractivity contribution in [3.63, 3.8) is 0 Å². The summed E-state index contributed by atoms with van der Waals surface area (Å²) in [6.07, 6.45) is 1.90. The molecule has 0 aromatic heterocycles. The van der Waals surface area contributed by atoms with Crippen molar-refractivity contribution < 1.29 is 9.90 Å². The van der Waals surface area contributed by atoms with Gasteiger partial charge in [0.1, 0.15) is 0 Å². The number of carbonyl (C=O) groups is 1. The zero-order chi connectivity index (χ0) is 13.5. The van der Waals surface area contributed by atoms with Crippen molar-refractivity contribution in [2.24, 2.45) is 0 Å². The largest absolute Gasteiger partial charge is 0.399 e. The van der Waals surface area contributed by atoms with Crippen LogP contribution < -0.4 is 11.5 Å². The van der Waals surface area contributed by atoms with Crippen LogP contribution in [-0.2, 0) is 0 Å². The summed E-state index contributed by atoms with van der Waals surface area (Å²) in [6, 6.07) is 4.86. The van der Waals surface area contributed by atoms with Crippen LogP contribution >= 0.6 is 0 Å². The minimum Gasteiger partial charge on any atom is -0.399 e. The van der Waals surface area contributed by atoms with Gasteiger partial charge in [0.2, 0.25) is 0 Å². The fraction of sp³-hybridized carbons (Fsp3) is 0.462. The van der Waals surface area contributed by atoms with Crippen molar-refractivity contribution >= 4 is 17.3 Å². The van der Waals surface area contributed by atoms with Gasteiger partial charge in [0.15, 0.2) is 0 Å². The SMILES string of the molecule is CCCCN(CCO)C(=O)c1ccc(N)cc1N. The van der Waals surface area contributed by atoms with Crippen molar-refractivity contribution in [3.8, 4) is 0 Å². The van der Waals surface area contributed by atoms with Gasteiger partial charge in [-0.2, -0.15) is 0 Å². The summed E-state index contributed by atoms with van der Waals surface area (Å²) in [5.41, 5.74) is 12.7. The van der Waals surface area contributed by atoms with Crippen LogP contribution in [-0.4, -0.2) is 35.6 Å². The predicted molar refractivity (Wildman–Crippen MR) is 73.2 cm³/mol. The van der Waals surface area contributed by atoms with Crippen molar-refractivity contribution in [1.82, 2.24) is 4.90 Å². The van der Waals surface area contributed by atoms with Gasteiger partial charge in [-0.1, -0.05) is 13.3 Å². The summed E-state index contributed by atoms with van der Waals surface area (Å²) in [6.45, 7) is 2.95. The molecule has 0 unspecified atom stereocenters. The smallest absolute Gasteiger partial charge is 0.256 e. The molecule has 1 amide bonds. The Morgan fingerprint density at radius 2 is 2.06 bits per heavy atom. The second kappa shape index (κ2) is 6.86. The minimum absolute atomic E-state index is 0.0513. The Bertz CT molecular complexity index is 407. The van der Waals surface area contributed by atoms with E-state index in [0.29, 0.717) is 30.0 Å². The first-order chi connectivity index (χ1) is 8.60. The predicted octanol–water partition coefficient (Wildman–Crippen LogP) is 1.09. The fourth-order valence-electron chi connectivity index (χ4n) is 1.73. The number of nitrogens with zero attached hydrogens (tertiary/aromatic N) is 1. The zero-order valence-corrected chi connectivity index (χ0v) is 10.7. The van der Waals surface area contributed by atoms with E-state index in [1.807, 2.05) is 0 Å². The highest BCUT2D eigenvalue weighted by Crippen LogP contribution is 2.18. The standard InChI is InChI=1S/C13H21N3O2/c1-2-3-6-16(7-8-17)13(18)11-5-4-10(14)9-12(11)15/h4-5,9,17H,2-3,6-8,14-15H2,1H3. The average molecular weight is 251 g/mol. The molecule has 100 valence electrons. The van der Waals surface area contributed by atoms with Crippen molar-refractivity contribution in [3.05, 3.63) is 23.8 Å². The highest BCUT2D eigenvalue weighted by Gasteiger charge is 2.17. The summed E-state index contributed by atoms with van der Waals surface area (Å²) < 4.78 is 0. The number of aliphatic hydroxyl groups is 1. The molecule has 5 N–H and O–H groups in total. The molecule has 1 aromatic carbocycles. The van der Waals surface area contributed by atoms with Crippen molar-refractivity contribution in [2.75, 3.05) is 31.2 Å². The topological polar surface area (TPSA) is 92.6 Å². The summed E-state index contributed by atoms with van der Waals surface area (Å²) in [4.78, 5) is 13.9. The monoisotopic (exact) mass is 251 g/mol. The number of aliphatic hydroxyl groups excluding tert-OH is 1. The third-order valence-corrected chi connectivity index (χ3v) is 2.74. The number of amides is 1. The number of anilines is 2. The third kappa shape index (κ3) is 3.63. The van der Waals surface area contributed by atoms with Crippen LogP contribution in [0.15, 0.2) is 18.2 Å². The molecular formula is C13H21N3O2. The summed E-state index contributed by atoms with van der Waals surface area (Å²) in [5.74, 6) is -0.157. The lowest BCUT2D eigenvalue weighted by molar-refractivity contribution is 0.0720. The van der Waals surface area contributed by atoms with E-state index in [4.69, 9.17) is 16.6 Å². The third-order valence-electron chi connectivity index (χ3n) is 2.74. The van der Waals surface area contributed by atoms with Crippen molar-refractivity contribution in [2.45, 2.75) is 19.8 Å². The van der Waals surface area contributed by atoms with Gasteiger partial charge in [0.25, 0.3) is 5.91 Å². The molecule has 1 aromatic rings. The van der Waals surface area contributed by atoms with E-state index in [2.05, 4.69) is 6.92 Å². The molecule has 0 heterocycles. The first-order valence-corrected chi connectivity index (χ1v) is 6.15. The van der Waals surface area contributed by atoms with Crippen molar-refractivity contribution in [1.29, 1.82) is 0 Å². The normalized spacial score (nSPS) is 10.3. The van der Waals surface area contributed by atoms with Crippen LogP contribution in [0.1, 0.15) is 30.1 Å². The van der Waals surface area contributed by atoms with E-state index in [0.717, 1.165) is 12.8 Å². The number of nitrogen functional groups attached to an aromatic ring is 2. The molecule has 0 saturated heterocycles. The van der Waals surface area contributed by atoms with Crippen LogP contribution in [0.3, 0.4) is 0 Å². The molecule has 0 fully saturated rings. The van der Waals surface area contributed by atoms with Gasteiger partial charge in [-0.3, -0.25) is 4.79 Å². The molecule has 5 nitrogen and oxygen atoms in total. The summed E-state index contributed by atoms with van der Waals surface area (Å²) in [7, 11) is 0. The van der Waals surface area contributed by atoms with Crippen LogP contribution in [0.4, 0.5) is 11.4 Å². The number of carbonyl (C=O) groups excluding carboxylic acids is 1. The molecule has 5 heteroatoms. The Balaban J connectivity index is 2.87. The van der Waals surface area contributed by atoms with Gasteiger partial charge in [-0.15, -0.1) is 0 Å². The second-order valence-corrected chi connectivity index (χ2v) is 4.22. The van der Waals surface area contributed by atoms with Gasteiger partial charge in [-0.05, 0) is 24.6 Å². The van der Waals surface area contributed by atoms with E-state index >= 15 is 0 Å². The fourth-order valence-corrected chi connectivity index (χ4v) is 1.73. The maximum Gasteiger partial charge on any atom is 0.256 e. The molecule has 0 saturated carbocycles. The van der Waals surface area contributed by atoms with E-state index in [1.165, 1.54) is 0 Å². The van der Waals surface area contributed by atoms with Crippen LogP contribution in [0.5, 0.6) is 0 Å². The highest BCUT2D eigenvalue weighted by atomic mass is 16.3. The maximum absolute atomic E-state index is 12.3. The van der Waals surface area contributed by atoms with Gasteiger partial charge in [0, 0.05) is 24.5 Å². The van der Waals surface area contributed by atoms with Gasteiger partial charge in [0.05, 0.1) is 12.2 Å². The van der Waals surface area contributed by atoms with Gasteiger partial charge >= 0.3 is 0 Å². The molecule has 0 radical (unpaired) electrons. The number of unbranched alkanes of at least 4 members (excludes halogenated alkanes) is 1. The average Bonchev–Trinajstić information content (AvgIpc) is 2.33. The van der Waals surface area contributed by atoms with Crippen LogP contribution in [0.25, 0.3) is 0 Å². The first-order valence-electron chi connectivity index (χ1n) is 6.15. The van der Waals surface area contributed by atoms with Crippen LogP contribution in [0.2, 0.25) is 0 Å². The maximum atomic E-state index is 12.3. The van der Waals surface area contributed by atoms with E-state index in [1.54, 1.807) is 23.1 Å². The first kappa shape index (κ1) is 14.3. The Hall–Kier alpha value is -1.75. The summed E-state index contributed by atoms with van der Waals surface area (Å²) >= 11 is 0. The van der Waals surface area contributed by atoms with Crippen LogP contribution in [0, 0.1) is 0 Å². The van der Waals surface area contributed by atoms with E-state index in [-0.39, 0.29) is 12.5 Å². The Kier molecular flexibility index (Phi) is 5.45. The van der Waals surface area contributed by atoms with Gasteiger partial charge < -0.3 is 21.5 Å². The van der Waals surface area contributed by atoms with E-state index in [9.17, 15) is 4.79 Å². The molecule has 18 heavy (non-hydrogen) atoms. The molecule has 0 aliphatic carbocycles. The van der Waals surface area contributed by atoms with E-state index < -0.39 is 0 Å². The molecule has 1 rings (SSSR count). The number of nitrogens with two attached hydrogens (primary N) is 2. The Labute approximate surface area is 107 Å². The molecular weight excluding hydrogens is 230 g/mol. The zero-order valence-electron chi connectivity index (χ0n) is 10.7. The molecule has 0 atom stereocenters. The number of benzene rings is 1.